The number of hydrogen-bond donors (Lipinski definition) is 1. The minimum absolute atomic E-state index is 0.0967. The molecule has 2 fully saturated rings. The van der Waals surface area contributed by atoms with Crippen LogP contribution in [-0.2, 0) is 4.74 Å². The molecule has 0 amide bonds. The number of Topliss-reactive ketones (excluding diaryl/α,β-unsaturated/α-hetero) is 1. The van der Waals surface area contributed by atoms with Crippen molar-refractivity contribution in [3.63, 3.8) is 0 Å². The smallest absolute Gasteiger partial charge is 0.184 e. The molecule has 3 heterocycles. The van der Waals surface area contributed by atoms with Gasteiger partial charge in [-0.3, -0.25) is 9.78 Å². The third kappa shape index (κ3) is 2.31. The number of carbonyl (C=O) groups is 1. The lowest BCUT2D eigenvalue weighted by Gasteiger charge is -2.39. The van der Waals surface area contributed by atoms with Crippen LogP contribution in [0.4, 0.5) is 0 Å². The van der Waals surface area contributed by atoms with E-state index in [2.05, 4.69) is 10.3 Å². The molecule has 2 unspecified atom stereocenters. The predicted molar refractivity (Wildman–Crippen MR) is 67.6 cm³/mol. The molecule has 1 aromatic heterocycles. The molecule has 96 valence electrons. The minimum Gasteiger partial charge on any atom is -0.378 e. The first-order valence-electron chi connectivity index (χ1n) is 6.53. The number of rotatable bonds is 2. The number of carbonyl (C=O) groups excluding carboxylic acids is 1. The first-order chi connectivity index (χ1) is 8.72. The molecule has 3 rings (SSSR count). The van der Waals surface area contributed by atoms with E-state index >= 15 is 0 Å². The van der Waals surface area contributed by atoms with E-state index in [9.17, 15) is 4.79 Å². The van der Waals surface area contributed by atoms with Gasteiger partial charge in [-0.05, 0) is 37.5 Å². The van der Waals surface area contributed by atoms with E-state index < -0.39 is 0 Å². The predicted octanol–water partition coefficient (Wildman–Crippen LogP) is 1.34. The lowest BCUT2D eigenvalue weighted by atomic mass is 9.83. The number of aryl methyl sites for hydroxylation is 1. The summed E-state index contributed by atoms with van der Waals surface area (Å²) in [6.07, 6.45) is 3.45. The van der Waals surface area contributed by atoms with Gasteiger partial charge in [0.05, 0.1) is 13.2 Å². The van der Waals surface area contributed by atoms with Gasteiger partial charge in [-0.2, -0.15) is 0 Å². The molecule has 2 aliphatic heterocycles. The third-order valence-electron chi connectivity index (χ3n) is 3.79. The molecule has 2 aliphatic rings. The molecule has 1 aromatic rings. The highest BCUT2D eigenvalue weighted by molar-refractivity contribution is 5.96. The van der Waals surface area contributed by atoms with Gasteiger partial charge in [-0.1, -0.05) is 0 Å². The number of pyridine rings is 1. The van der Waals surface area contributed by atoms with Crippen molar-refractivity contribution in [3.05, 3.63) is 29.6 Å². The monoisotopic (exact) mass is 246 g/mol. The van der Waals surface area contributed by atoms with Gasteiger partial charge < -0.3 is 10.1 Å². The summed E-state index contributed by atoms with van der Waals surface area (Å²) in [7, 11) is 0. The molecule has 4 nitrogen and oxygen atoms in total. The van der Waals surface area contributed by atoms with Crippen molar-refractivity contribution in [2.24, 2.45) is 5.92 Å². The average Bonchev–Trinajstić information content (AvgIpc) is 2.37. The Kier molecular flexibility index (Phi) is 3.14. The van der Waals surface area contributed by atoms with Crippen molar-refractivity contribution in [2.75, 3.05) is 13.2 Å². The van der Waals surface area contributed by atoms with Gasteiger partial charge in [0.2, 0.25) is 0 Å². The van der Waals surface area contributed by atoms with Gasteiger partial charge in [0.25, 0.3) is 0 Å². The second kappa shape index (κ2) is 4.78. The van der Waals surface area contributed by atoms with E-state index in [1.165, 1.54) is 0 Å². The highest BCUT2D eigenvalue weighted by Crippen LogP contribution is 2.26. The van der Waals surface area contributed by atoms with Crippen molar-refractivity contribution >= 4 is 5.78 Å². The summed E-state index contributed by atoms with van der Waals surface area (Å²) in [5.41, 5.74) is 1.70. The number of hydrogen-bond acceptors (Lipinski definition) is 4. The van der Waals surface area contributed by atoms with Crippen LogP contribution >= 0.6 is 0 Å². The first-order valence-corrected chi connectivity index (χ1v) is 6.53. The van der Waals surface area contributed by atoms with Crippen LogP contribution in [0.1, 0.15) is 28.9 Å². The number of piperidine rings is 1. The van der Waals surface area contributed by atoms with E-state index in [-0.39, 0.29) is 11.7 Å². The molecular weight excluding hydrogens is 228 g/mol. The Labute approximate surface area is 107 Å². The van der Waals surface area contributed by atoms with Crippen molar-refractivity contribution < 1.29 is 9.53 Å². The summed E-state index contributed by atoms with van der Waals surface area (Å²) < 4.78 is 5.50. The molecular formula is C14H18N2O2. The average molecular weight is 246 g/mol. The van der Waals surface area contributed by atoms with Crippen molar-refractivity contribution in [1.82, 2.24) is 10.3 Å². The van der Waals surface area contributed by atoms with E-state index in [1.54, 1.807) is 6.20 Å². The van der Waals surface area contributed by atoms with Gasteiger partial charge in [0.1, 0.15) is 5.69 Å². The normalized spacial score (nSPS) is 31.1. The Morgan fingerprint density at radius 1 is 1.39 bits per heavy atom. The highest BCUT2D eigenvalue weighted by atomic mass is 16.5. The quantitative estimate of drug-likeness (QED) is 0.800. The Bertz CT molecular complexity index is 449. The second-order valence-corrected chi connectivity index (χ2v) is 5.35. The fourth-order valence-corrected chi connectivity index (χ4v) is 2.93. The van der Waals surface area contributed by atoms with Gasteiger partial charge >= 0.3 is 0 Å². The summed E-state index contributed by atoms with van der Waals surface area (Å²) in [5, 5.41) is 3.50. The summed E-state index contributed by atoms with van der Waals surface area (Å²) in [6.45, 7) is 3.44. The largest absolute Gasteiger partial charge is 0.378 e. The van der Waals surface area contributed by atoms with Crippen LogP contribution in [0.15, 0.2) is 18.3 Å². The van der Waals surface area contributed by atoms with Crippen LogP contribution in [0, 0.1) is 12.8 Å². The molecule has 1 N–H and O–H groups in total. The highest BCUT2D eigenvalue weighted by Gasteiger charge is 2.35. The molecule has 0 saturated carbocycles. The Hall–Kier alpha value is -1.26. The maximum atomic E-state index is 12.5. The lowest BCUT2D eigenvalue weighted by Crippen LogP contribution is -2.55. The number of morpholine rings is 1. The van der Waals surface area contributed by atoms with Gasteiger partial charge in [-0.25, -0.2) is 0 Å². The van der Waals surface area contributed by atoms with E-state index in [0.29, 0.717) is 17.8 Å². The summed E-state index contributed by atoms with van der Waals surface area (Å²) >= 11 is 0. The van der Waals surface area contributed by atoms with E-state index in [0.717, 1.165) is 31.6 Å². The number of ketones is 1. The zero-order chi connectivity index (χ0) is 12.5. The maximum absolute atomic E-state index is 12.5. The zero-order valence-corrected chi connectivity index (χ0v) is 10.6. The Morgan fingerprint density at radius 3 is 2.78 bits per heavy atom. The SMILES string of the molecule is Cc1ccnc(C(=O)C2CC3COCC(C2)N3)c1. The second-order valence-electron chi connectivity index (χ2n) is 5.35. The zero-order valence-electron chi connectivity index (χ0n) is 10.6. The van der Waals surface area contributed by atoms with Gasteiger partial charge in [-0.15, -0.1) is 0 Å². The van der Waals surface area contributed by atoms with E-state index in [1.807, 2.05) is 19.1 Å². The van der Waals surface area contributed by atoms with Gasteiger partial charge in [0, 0.05) is 24.2 Å². The minimum atomic E-state index is 0.0967. The fourth-order valence-electron chi connectivity index (χ4n) is 2.93. The van der Waals surface area contributed by atoms with Crippen LogP contribution in [-0.4, -0.2) is 36.1 Å². The first kappa shape index (κ1) is 11.8. The topological polar surface area (TPSA) is 51.2 Å². The van der Waals surface area contributed by atoms with Crippen molar-refractivity contribution in [2.45, 2.75) is 31.8 Å². The molecule has 0 aliphatic carbocycles. The van der Waals surface area contributed by atoms with Crippen LogP contribution in [0.2, 0.25) is 0 Å². The van der Waals surface area contributed by atoms with Crippen molar-refractivity contribution in [3.8, 4) is 0 Å². The summed E-state index contributed by atoms with van der Waals surface area (Å²) in [5.74, 6) is 0.288. The molecule has 18 heavy (non-hydrogen) atoms. The molecule has 2 saturated heterocycles. The van der Waals surface area contributed by atoms with E-state index in [4.69, 9.17) is 4.74 Å². The van der Waals surface area contributed by atoms with Crippen LogP contribution in [0.5, 0.6) is 0 Å². The lowest BCUT2D eigenvalue weighted by molar-refractivity contribution is 0.00943. The maximum Gasteiger partial charge on any atom is 0.184 e. The van der Waals surface area contributed by atoms with Crippen LogP contribution < -0.4 is 5.32 Å². The number of nitrogens with zero attached hydrogens (tertiary/aromatic N) is 1. The van der Waals surface area contributed by atoms with Crippen LogP contribution in [0.3, 0.4) is 0 Å². The number of ether oxygens (including phenoxy) is 1. The standard InChI is InChI=1S/C14H18N2O2/c1-9-2-3-15-13(4-9)14(17)10-5-11-7-18-8-12(6-10)16-11/h2-4,10-12,16H,5-8H2,1H3. The Balaban J connectivity index is 1.76. The Morgan fingerprint density at radius 2 is 2.11 bits per heavy atom. The number of nitrogens with one attached hydrogen (secondary N) is 1. The number of fused-ring (bicyclic) bond motifs is 2. The third-order valence-corrected chi connectivity index (χ3v) is 3.79. The molecule has 2 bridgehead atoms. The van der Waals surface area contributed by atoms with Crippen LogP contribution in [0.25, 0.3) is 0 Å². The molecule has 0 spiro atoms. The molecule has 0 aromatic carbocycles. The molecule has 0 radical (unpaired) electrons. The summed E-state index contributed by atoms with van der Waals surface area (Å²) in [4.78, 5) is 16.7. The van der Waals surface area contributed by atoms with Crippen molar-refractivity contribution in [1.29, 1.82) is 0 Å². The number of aromatic nitrogens is 1. The molecule has 2 atom stereocenters. The van der Waals surface area contributed by atoms with Gasteiger partial charge in [0.15, 0.2) is 5.78 Å². The summed E-state index contributed by atoms with van der Waals surface area (Å²) in [6, 6.07) is 4.46. The molecule has 4 heteroatoms. The fraction of sp³-hybridized carbons (Fsp3) is 0.571.